The van der Waals surface area contributed by atoms with E-state index in [9.17, 15) is 0 Å². The minimum atomic E-state index is 0.741. The number of aromatic nitrogens is 3. The maximum absolute atomic E-state index is 5.77. The molecule has 16 heavy (non-hydrogen) atoms. The van der Waals surface area contributed by atoms with E-state index in [0.717, 1.165) is 46.8 Å². The standard InChI is InChI=1S/C11H11BrN4/c12-8-6-7(3-4-9(8)13)11-15-14-10-2-1-5-16(10)11/h3-4,6H,1-2,5,13H2. The number of anilines is 1. The highest BCUT2D eigenvalue weighted by Gasteiger charge is 2.18. The van der Waals surface area contributed by atoms with Gasteiger partial charge in [-0.25, -0.2) is 0 Å². The molecule has 2 heterocycles. The van der Waals surface area contributed by atoms with Crippen LogP contribution in [0.4, 0.5) is 5.69 Å². The summed E-state index contributed by atoms with van der Waals surface area (Å²) in [6.07, 6.45) is 2.19. The fourth-order valence-electron chi connectivity index (χ4n) is 2.03. The summed E-state index contributed by atoms with van der Waals surface area (Å²) in [5.41, 5.74) is 7.56. The minimum Gasteiger partial charge on any atom is -0.398 e. The van der Waals surface area contributed by atoms with Crippen molar-refractivity contribution >= 4 is 21.6 Å². The van der Waals surface area contributed by atoms with Crippen LogP contribution in [0.2, 0.25) is 0 Å². The lowest BCUT2D eigenvalue weighted by Crippen LogP contribution is -1.96. The molecular formula is C11H11BrN4. The van der Waals surface area contributed by atoms with Gasteiger partial charge in [-0.05, 0) is 40.5 Å². The van der Waals surface area contributed by atoms with E-state index in [4.69, 9.17) is 5.73 Å². The third-order valence-electron chi connectivity index (χ3n) is 2.87. The SMILES string of the molecule is Nc1ccc(-c2nnc3n2CCC3)cc1Br. The number of nitrogen functional groups attached to an aromatic ring is 1. The van der Waals surface area contributed by atoms with Crippen molar-refractivity contribution in [3.8, 4) is 11.4 Å². The molecule has 0 amide bonds. The summed E-state index contributed by atoms with van der Waals surface area (Å²) in [5.74, 6) is 2.02. The molecule has 3 rings (SSSR count). The molecule has 2 N–H and O–H groups in total. The fraction of sp³-hybridized carbons (Fsp3) is 0.273. The Kier molecular flexibility index (Phi) is 2.21. The van der Waals surface area contributed by atoms with Gasteiger partial charge in [0, 0.05) is 28.7 Å². The second-order valence-electron chi connectivity index (χ2n) is 3.93. The Morgan fingerprint density at radius 1 is 1.31 bits per heavy atom. The largest absolute Gasteiger partial charge is 0.398 e. The fourth-order valence-corrected chi connectivity index (χ4v) is 2.41. The van der Waals surface area contributed by atoms with E-state index in [1.165, 1.54) is 0 Å². The number of hydrogen-bond acceptors (Lipinski definition) is 3. The van der Waals surface area contributed by atoms with Crippen molar-refractivity contribution in [2.75, 3.05) is 5.73 Å². The number of aryl methyl sites for hydroxylation is 1. The molecule has 1 aliphatic rings. The van der Waals surface area contributed by atoms with E-state index in [1.54, 1.807) is 0 Å². The van der Waals surface area contributed by atoms with E-state index in [0.29, 0.717) is 0 Å². The van der Waals surface area contributed by atoms with Crippen LogP contribution in [0.1, 0.15) is 12.2 Å². The lowest BCUT2D eigenvalue weighted by Gasteiger charge is -2.04. The zero-order valence-corrected chi connectivity index (χ0v) is 10.2. The van der Waals surface area contributed by atoms with Gasteiger partial charge < -0.3 is 10.3 Å². The van der Waals surface area contributed by atoms with E-state index in [2.05, 4.69) is 30.7 Å². The van der Waals surface area contributed by atoms with E-state index >= 15 is 0 Å². The van der Waals surface area contributed by atoms with Gasteiger partial charge in [-0.1, -0.05) is 0 Å². The first-order valence-corrected chi connectivity index (χ1v) is 6.02. The van der Waals surface area contributed by atoms with Crippen molar-refractivity contribution in [3.63, 3.8) is 0 Å². The zero-order valence-electron chi connectivity index (χ0n) is 8.65. The Morgan fingerprint density at radius 3 is 3.00 bits per heavy atom. The maximum Gasteiger partial charge on any atom is 0.163 e. The quantitative estimate of drug-likeness (QED) is 0.814. The summed E-state index contributed by atoms with van der Waals surface area (Å²) in [4.78, 5) is 0. The predicted molar refractivity (Wildman–Crippen MR) is 65.9 cm³/mol. The Morgan fingerprint density at radius 2 is 2.19 bits per heavy atom. The smallest absolute Gasteiger partial charge is 0.163 e. The molecule has 82 valence electrons. The van der Waals surface area contributed by atoms with E-state index in [1.807, 2.05) is 18.2 Å². The predicted octanol–water partition coefficient (Wildman–Crippen LogP) is 2.24. The molecule has 5 heteroatoms. The average Bonchev–Trinajstić information content (AvgIpc) is 2.83. The van der Waals surface area contributed by atoms with Crippen LogP contribution in [0.15, 0.2) is 22.7 Å². The number of rotatable bonds is 1. The molecule has 0 saturated carbocycles. The Hall–Kier alpha value is -1.36. The van der Waals surface area contributed by atoms with Crippen LogP contribution in [-0.2, 0) is 13.0 Å². The van der Waals surface area contributed by atoms with Crippen molar-refractivity contribution in [2.45, 2.75) is 19.4 Å². The molecule has 0 fully saturated rings. The summed E-state index contributed by atoms with van der Waals surface area (Å²) in [6.45, 7) is 1.01. The highest BCUT2D eigenvalue weighted by molar-refractivity contribution is 9.10. The minimum absolute atomic E-state index is 0.741. The van der Waals surface area contributed by atoms with Gasteiger partial charge in [-0.3, -0.25) is 0 Å². The topological polar surface area (TPSA) is 56.7 Å². The summed E-state index contributed by atoms with van der Waals surface area (Å²) in [7, 11) is 0. The molecule has 4 nitrogen and oxygen atoms in total. The van der Waals surface area contributed by atoms with Crippen LogP contribution in [0.5, 0.6) is 0 Å². The molecule has 0 radical (unpaired) electrons. The summed E-state index contributed by atoms with van der Waals surface area (Å²) in [5, 5.41) is 8.42. The van der Waals surface area contributed by atoms with E-state index in [-0.39, 0.29) is 0 Å². The average molecular weight is 279 g/mol. The van der Waals surface area contributed by atoms with Crippen molar-refractivity contribution < 1.29 is 0 Å². The van der Waals surface area contributed by atoms with Crippen LogP contribution < -0.4 is 5.73 Å². The second-order valence-corrected chi connectivity index (χ2v) is 4.79. The van der Waals surface area contributed by atoms with Crippen LogP contribution in [0.25, 0.3) is 11.4 Å². The molecule has 0 saturated heterocycles. The van der Waals surface area contributed by atoms with Crippen LogP contribution in [0.3, 0.4) is 0 Å². The molecule has 1 aromatic heterocycles. The lowest BCUT2D eigenvalue weighted by atomic mass is 10.2. The highest BCUT2D eigenvalue weighted by Crippen LogP contribution is 2.28. The highest BCUT2D eigenvalue weighted by atomic mass is 79.9. The van der Waals surface area contributed by atoms with Gasteiger partial charge in [0.2, 0.25) is 0 Å². The Labute approximate surface area is 102 Å². The molecule has 0 atom stereocenters. The first kappa shape index (κ1) is 9.84. The molecule has 0 spiro atoms. The van der Waals surface area contributed by atoms with Crippen molar-refractivity contribution in [1.82, 2.24) is 14.8 Å². The third kappa shape index (κ3) is 1.43. The number of hydrogen-bond donors (Lipinski definition) is 1. The maximum atomic E-state index is 5.77. The summed E-state index contributed by atoms with van der Waals surface area (Å²) in [6, 6.07) is 5.86. The molecule has 1 aromatic carbocycles. The molecule has 1 aliphatic heterocycles. The van der Waals surface area contributed by atoms with Crippen LogP contribution in [-0.4, -0.2) is 14.8 Å². The van der Waals surface area contributed by atoms with Gasteiger partial charge in [-0.2, -0.15) is 0 Å². The van der Waals surface area contributed by atoms with E-state index < -0.39 is 0 Å². The monoisotopic (exact) mass is 278 g/mol. The Bertz CT molecular complexity index is 547. The first-order chi connectivity index (χ1) is 7.75. The zero-order chi connectivity index (χ0) is 11.1. The van der Waals surface area contributed by atoms with Crippen LogP contribution >= 0.6 is 15.9 Å². The lowest BCUT2D eigenvalue weighted by molar-refractivity contribution is 0.748. The van der Waals surface area contributed by atoms with Gasteiger partial charge in [-0.15, -0.1) is 10.2 Å². The normalized spacial score (nSPS) is 14.1. The van der Waals surface area contributed by atoms with Gasteiger partial charge in [0.1, 0.15) is 5.82 Å². The summed E-state index contributed by atoms with van der Waals surface area (Å²) < 4.78 is 3.08. The van der Waals surface area contributed by atoms with Gasteiger partial charge in [0.15, 0.2) is 5.82 Å². The number of fused-ring (bicyclic) bond motifs is 1. The summed E-state index contributed by atoms with van der Waals surface area (Å²) >= 11 is 3.43. The molecule has 0 aliphatic carbocycles. The van der Waals surface area contributed by atoms with Crippen LogP contribution in [0, 0.1) is 0 Å². The molecule has 0 unspecified atom stereocenters. The number of halogens is 1. The molecular weight excluding hydrogens is 268 g/mol. The van der Waals surface area contributed by atoms with Gasteiger partial charge in [0.05, 0.1) is 0 Å². The second kappa shape index (κ2) is 3.59. The number of nitrogens with two attached hydrogens (primary N) is 1. The van der Waals surface area contributed by atoms with Crippen molar-refractivity contribution in [3.05, 3.63) is 28.5 Å². The molecule has 0 bridgehead atoms. The number of nitrogens with zero attached hydrogens (tertiary/aromatic N) is 3. The molecule has 2 aromatic rings. The third-order valence-corrected chi connectivity index (χ3v) is 3.55. The van der Waals surface area contributed by atoms with Gasteiger partial charge in [0.25, 0.3) is 0 Å². The first-order valence-electron chi connectivity index (χ1n) is 5.23. The van der Waals surface area contributed by atoms with Crippen molar-refractivity contribution in [2.24, 2.45) is 0 Å². The van der Waals surface area contributed by atoms with Gasteiger partial charge >= 0.3 is 0 Å². The van der Waals surface area contributed by atoms with Crippen molar-refractivity contribution in [1.29, 1.82) is 0 Å². The Balaban J connectivity index is 2.11. The number of benzene rings is 1.